The smallest absolute Gasteiger partial charge is 0.225 e. The predicted molar refractivity (Wildman–Crippen MR) is 117 cm³/mol. The first kappa shape index (κ1) is 20.0. The van der Waals surface area contributed by atoms with Crippen molar-refractivity contribution in [2.75, 3.05) is 19.8 Å². The second-order valence-electron chi connectivity index (χ2n) is 8.34. The summed E-state index contributed by atoms with van der Waals surface area (Å²) in [4.78, 5) is 17.8. The lowest BCUT2D eigenvalue weighted by Crippen LogP contribution is -2.20. The zero-order valence-corrected chi connectivity index (χ0v) is 18.1. The van der Waals surface area contributed by atoms with E-state index in [0.717, 1.165) is 38.7 Å². The maximum atomic E-state index is 15.4. The molecule has 0 aliphatic carbocycles. The maximum Gasteiger partial charge on any atom is 0.225 e. The molecule has 0 amide bonds. The van der Waals surface area contributed by atoms with Crippen LogP contribution in [0.3, 0.4) is 0 Å². The first-order chi connectivity index (χ1) is 15.7. The summed E-state index contributed by atoms with van der Waals surface area (Å²) in [5.74, 6) is -0.362. The molecule has 0 radical (unpaired) electrons. The molecule has 8 nitrogen and oxygen atoms in total. The van der Waals surface area contributed by atoms with Gasteiger partial charge in [-0.1, -0.05) is 0 Å². The van der Waals surface area contributed by atoms with Gasteiger partial charge in [0, 0.05) is 18.8 Å². The predicted octanol–water partition coefficient (Wildman–Crippen LogP) is 4.69. The van der Waals surface area contributed by atoms with Gasteiger partial charge in [-0.15, -0.1) is 0 Å². The lowest BCUT2D eigenvalue weighted by molar-refractivity contribution is -0.0298. The van der Waals surface area contributed by atoms with E-state index in [9.17, 15) is 0 Å². The van der Waals surface area contributed by atoms with Crippen LogP contribution in [-0.4, -0.2) is 48.9 Å². The second kappa shape index (κ2) is 8.06. The average molecular weight is 457 g/mol. The first-order valence-electron chi connectivity index (χ1n) is 10.9. The summed E-state index contributed by atoms with van der Waals surface area (Å²) in [5, 5.41) is 0.0791. The Kier molecular flexibility index (Phi) is 5.04. The van der Waals surface area contributed by atoms with E-state index in [0.29, 0.717) is 46.7 Å². The molecule has 2 saturated heterocycles. The topological polar surface area (TPSA) is 79.9 Å². The molecule has 6 rings (SSSR count). The largest absolute Gasteiger partial charge is 0.379 e. The summed E-state index contributed by atoms with van der Waals surface area (Å²) in [5.41, 5.74) is 3.21. The summed E-state index contributed by atoms with van der Waals surface area (Å²) in [6, 6.07) is 3.38. The van der Waals surface area contributed by atoms with Gasteiger partial charge in [-0.2, -0.15) is 4.98 Å². The minimum Gasteiger partial charge on any atom is -0.379 e. The van der Waals surface area contributed by atoms with E-state index in [4.69, 9.17) is 21.1 Å². The Morgan fingerprint density at radius 2 is 1.91 bits per heavy atom. The van der Waals surface area contributed by atoms with Crippen LogP contribution >= 0.6 is 11.6 Å². The van der Waals surface area contributed by atoms with E-state index in [1.54, 1.807) is 12.7 Å². The molecule has 2 atom stereocenters. The van der Waals surface area contributed by atoms with Crippen molar-refractivity contribution in [3.8, 4) is 11.3 Å². The number of benzene rings is 1. The Morgan fingerprint density at radius 3 is 2.72 bits per heavy atom. The van der Waals surface area contributed by atoms with Gasteiger partial charge in [0.2, 0.25) is 5.28 Å². The lowest BCUT2D eigenvalue weighted by atomic mass is 10.1. The Hall–Kier alpha value is -2.62. The Balaban J connectivity index is 1.45. The van der Waals surface area contributed by atoms with Crippen LogP contribution in [0.15, 0.2) is 24.8 Å². The summed E-state index contributed by atoms with van der Waals surface area (Å²) in [6.07, 6.45) is 8.14. The zero-order valence-electron chi connectivity index (χ0n) is 17.4. The number of ether oxygens (including phenoxy) is 2. The molecule has 2 unspecified atom stereocenters. The average Bonchev–Trinajstić information content (AvgIpc) is 3.44. The Morgan fingerprint density at radius 1 is 1.00 bits per heavy atom. The van der Waals surface area contributed by atoms with Gasteiger partial charge in [0.15, 0.2) is 5.65 Å². The molecule has 1 aromatic carbocycles. The van der Waals surface area contributed by atoms with Crippen LogP contribution in [0.2, 0.25) is 5.28 Å². The third-order valence-electron chi connectivity index (χ3n) is 6.29. The molecular weight excluding hydrogens is 435 g/mol. The molecule has 5 heterocycles. The fraction of sp³-hybridized carbons (Fsp3) is 0.455. The van der Waals surface area contributed by atoms with Crippen molar-refractivity contribution in [3.05, 3.63) is 35.9 Å². The molecule has 0 saturated carbocycles. The van der Waals surface area contributed by atoms with Crippen LogP contribution in [0, 0.1) is 5.82 Å². The Labute approximate surface area is 188 Å². The highest BCUT2D eigenvalue weighted by Crippen LogP contribution is 2.34. The molecule has 2 fully saturated rings. The zero-order chi connectivity index (χ0) is 21.7. The summed E-state index contributed by atoms with van der Waals surface area (Å²) in [6.45, 7) is 2.01. The number of halogens is 2. The molecule has 0 spiro atoms. The van der Waals surface area contributed by atoms with Crippen LogP contribution in [-0.2, 0) is 9.47 Å². The van der Waals surface area contributed by atoms with Crippen molar-refractivity contribution in [1.29, 1.82) is 0 Å². The normalized spacial score (nSPS) is 22.1. The number of rotatable bonds is 3. The Bertz CT molecular complexity index is 1290. The van der Waals surface area contributed by atoms with Gasteiger partial charge in [-0.05, 0) is 55.8 Å². The van der Waals surface area contributed by atoms with Crippen LogP contribution < -0.4 is 0 Å². The molecule has 0 N–H and O–H groups in total. The van der Waals surface area contributed by atoms with Crippen molar-refractivity contribution in [3.63, 3.8) is 0 Å². The highest BCUT2D eigenvalue weighted by molar-refractivity contribution is 6.28. The summed E-state index contributed by atoms with van der Waals surface area (Å²) < 4.78 is 30.6. The lowest BCUT2D eigenvalue weighted by Gasteiger charge is -2.24. The molecule has 0 bridgehead atoms. The van der Waals surface area contributed by atoms with Crippen molar-refractivity contribution in [2.45, 2.75) is 44.4 Å². The standard InChI is InChI=1S/C22H22ClFN6O2/c23-22-27-18(19-21(28-22)30(12-26-19)17-5-1-2-7-32-17)13-8-15(24)20-16(9-13)25-11-29(20)14-4-3-6-31-10-14/h8-9,11-12,14,17H,1-7,10H2. The van der Waals surface area contributed by atoms with E-state index in [2.05, 4.69) is 19.9 Å². The SMILES string of the molecule is Fc1cc(-c2nc(Cl)nc3c2ncn3C2CCCCO2)cc2ncn(C3CCCOC3)c12. The molecular formula is C22H22ClFN6O2. The third-order valence-corrected chi connectivity index (χ3v) is 6.45. The van der Waals surface area contributed by atoms with E-state index >= 15 is 4.39 Å². The van der Waals surface area contributed by atoms with E-state index in [-0.39, 0.29) is 23.4 Å². The number of hydrogen-bond donors (Lipinski definition) is 0. The number of imidazole rings is 2. The first-order valence-corrected chi connectivity index (χ1v) is 11.3. The van der Waals surface area contributed by atoms with E-state index in [1.807, 2.05) is 15.2 Å². The molecule has 32 heavy (non-hydrogen) atoms. The van der Waals surface area contributed by atoms with Crippen LogP contribution in [0.4, 0.5) is 4.39 Å². The molecule has 166 valence electrons. The maximum absolute atomic E-state index is 15.4. The molecule has 4 aromatic rings. The minimum absolute atomic E-state index is 0.0791. The molecule has 10 heteroatoms. The third kappa shape index (κ3) is 3.35. The van der Waals surface area contributed by atoms with Crippen molar-refractivity contribution >= 4 is 33.8 Å². The minimum atomic E-state index is -0.362. The summed E-state index contributed by atoms with van der Waals surface area (Å²) in [7, 11) is 0. The van der Waals surface area contributed by atoms with Crippen LogP contribution in [0.1, 0.15) is 44.4 Å². The van der Waals surface area contributed by atoms with Gasteiger partial charge >= 0.3 is 0 Å². The van der Waals surface area contributed by atoms with Crippen molar-refractivity contribution < 1.29 is 13.9 Å². The second-order valence-corrected chi connectivity index (χ2v) is 8.67. The monoisotopic (exact) mass is 456 g/mol. The van der Waals surface area contributed by atoms with E-state index in [1.165, 1.54) is 6.07 Å². The van der Waals surface area contributed by atoms with Crippen molar-refractivity contribution in [2.24, 2.45) is 0 Å². The highest BCUT2D eigenvalue weighted by atomic mass is 35.5. The van der Waals surface area contributed by atoms with Crippen molar-refractivity contribution in [1.82, 2.24) is 29.1 Å². The van der Waals surface area contributed by atoms with Gasteiger partial charge in [0.25, 0.3) is 0 Å². The molecule has 2 aliphatic heterocycles. The fourth-order valence-corrected chi connectivity index (χ4v) is 4.89. The number of hydrogen-bond acceptors (Lipinski definition) is 6. The molecule has 2 aliphatic rings. The van der Waals surface area contributed by atoms with Gasteiger partial charge < -0.3 is 14.0 Å². The summed E-state index contributed by atoms with van der Waals surface area (Å²) >= 11 is 6.27. The number of fused-ring (bicyclic) bond motifs is 2. The van der Waals surface area contributed by atoms with Gasteiger partial charge in [0.05, 0.1) is 30.8 Å². The van der Waals surface area contributed by atoms with Gasteiger partial charge in [-0.25, -0.2) is 19.3 Å². The van der Waals surface area contributed by atoms with E-state index < -0.39 is 0 Å². The van der Waals surface area contributed by atoms with Crippen LogP contribution in [0.25, 0.3) is 33.5 Å². The number of aromatic nitrogens is 6. The quantitative estimate of drug-likeness (QED) is 0.416. The fourth-order valence-electron chi connectivity index (χ4n) is 4.72. The number of nitrogens with zero attached hydrogens (tertiary/aromatic N) is 6. The molecule has 3 aromatic heterocycles. The van der Waals surface area contributed by atoms with Gasteiger partial charge in [-0.3, -0.25) is 4.57 Å². The highest BCUT2D eigenvalue weighted by Gasteiger charge is 2.24. The van der Waals surface area contributed by atoms with Gasteiger partial charge in [0.1, 0.15) is 28.8 Å². The van der Waals surface area contributed by atoms with Crippen LogP contribution in [0.5, 0.6) is 0 Å².